The second-order valence-electron chi connectivity index (χ2n) is 1.50. The van der Waals surface area contributed by atoms with E-state index in [1.807, 2.05) is 13.0 Å². The van der Waals surface area contributed by atoms with Crippen molar-refractivity contribution in [3.05, 3.63) is 12.2 Å². The van der Waals surface area contributed by atoms with E-state index in [-0.39, 0.29) is 0 Å². The summed E-state index contributed by atoms with van der Waals surface area (Å²) in [6, 6.07) is 0. The summed E-state index contributed by atoms with van der Waals surface area (Å²) < 4.78 is 0. The monoisotopic (exact) mass is 116 g/mol. The van der Waals surface area contributed by atoms with Crippen LogP contribution in [-0.2, 0) is 0 Å². The zero-order chi connectivity index (χ0) is 5.70. The third kappa shape index (κ3) is 3.93. The Morgan fingerprint density at radius 2 is 2.29 bits per heavy atom. The molecule has 0 fully saturated rings. The Morgan fingerprint density at radius 3 is 2.43 bits per heavy atom. The van der Waals surface area contributed by atoms with E-state index in [1.54, 1.807) is 0 Å². The van der Waals surface area contributed by atoms with Crippen molar-refractivity contribution in [1.29, 1.82) is 0 Å². The van der Waals surface area contributed by atoms with Gasteiger partial charge in [0.05, 0.1) is 0 Å². The van der Waals surface area contributed by atoms with Gasteiger partial charge >= 0.3 is 0 Å². The maximum Gasteiger partial charge on any atom is 0.0194 e. The maximum absolute atomic E-state index is 4.22. The summed E-state index contributed by atoms with van der Waals surface area (Å²) in [4.78, 5) is 0. The van der Waals surface area contributed by atoms with E-state index < -0.39 is 0 Å². The Hall–Kier alpha value is 0.0900. The van der Waals surface area contributed by atoms with Crippen LogP contribution in [0.3, 0.4) is 0 Å². The van der Waals surface area contributed by atoms with Crippen LogP contribution in [0.1, 0.15) is 20.3 Å². The molecule has 0 aromatic heterocycles. The summed E-state index contributed by atoms with van der Waals surface area (Å²) in [6.45, 7) is 4.14. The van der Waals surface area contributed by atoms with E-state index in [0.717, 1.165) is 6.42 Å². The highest BCUT2D eigenvalue weighted by Gasteiger charge is 1.87. The molecule has 0 aromatic rings. The lowest BCUT2D eigenvalue weighted by Gasteiger charge is -1.94. The summed E-state index contributed by atoms with van der Waals surface area (Å²) in [5.74, 6) is 0. The number of hydrogen-bond acceptors (Lipinski definition) is 1. The Morgan fingerprint density at radius 1 is 1.71 bits per heavy atom. The van der Waals surface area contributed by atoms with Crippen LogP contribution in [0.5, 0.6) is 0 Å². The molecule has 0 amide bonds. The average Bonchev–Trinajstić information content (AvgIpc) is 1.68. The van der Waals surface area contributed by atoms with Crippen molar-refractivity contribution in [3.63, 3.8) is 0 Å². The van der Waals surface area contributed by atoms with Gasteiger partial charge in [0.1, 0.15) is 0 Å². The molecule has 1 unspecified atom stereocenters. The summed E-state index contributed by atoms with van der Waals surface area (Å²) in [7, 11) is 0. The topological polar surface area (TPSA) is 0 Å². The molecule has 0 heterocycles. The molecule has 1 heteroatoms. The van der Waals surface area contributed by atoms with Crippen molar-refractivity contribution in [2.45, 2.75) is 25.5 Å². The maximum atomic E-state index is 4.22. The molecule has 0 saturated heterocycles. The highest BCUT2D eigenvalue weighted by Crippen LogP contribution is 2.00. The second-order valence-corrected chi connectivity index (χ2v) is 2.16. The lowest BCUT2D eigenvalue weighted by atomic mass is 10.3. The Balaban J connectivity index is 3.16. The number of rotatable bonds is 2. The molecule has 0 aromatic carbocycles. The van der Waals surface area contributed by atoms with Crippen LogP contribution in [0, 0.1) is 0 Å². The van der Waals surface area contributed by atoms with Crippen molar-refractivity contribution >= 4 is 12.6 Å². The molecule has 0 aliphatic heterocycles. The molecule has 0 bridgehead atoms. The first-order chi connectivity index (χ1) is 3.31. The van der Waals surface area contributed by atoms with Gasteiger partial charge in [0, 0.05) is 5.25 Å². The SMILES string of the molecule is C/C=C\C(S)CC. The molecule has 1 atom stereocenters. The molecule has 0 nitrogen and oxygen atoms in total. The zero-order valence-electron chi connectivity index (χ0n) is 4.89. The number of thiol groups is 1. The third-order valence-corrected chi connectivity index (χ3v) is 1.37. The van der Waals surface area contributed by atoms with Crippen LogP contribution in [0.25, 0.3) is 0 Å². The van der Waals surface area contributed by atoms with Crippen LogP contribution >= 0.6 is 12.6 Å². The minimum atomic E-state index is 0.463. The predicted octanol–water partition coefficient (Wildman–Crippen LogP) is 2.27. The molecule has 7 heavy (non-hydrogen) atoms. The first kappa shape index (κ1) is 7.09. The summed E-state index contributed by atoms with van der Waals surface area (Å²) in [5.41, 5.74) is 0. The zero-order valence-corrected chi connectivity index (χ0v) is 5.78. The fourth-order valence-electron chi connectivity index (χ4n) is 0.358. The minimum Gasteiger partial charge on any atom is -0.172 e. The summed E-state index contributed by atoms with van der Waals surface area (Å²) in [5, 5.41) is 0.463. The van der Waals surface area contributed by atoms with E-state index in [0.29, 0.717) is 5.25 Å². The smallest absolute Gasteiger partial charge is 0.0194 e. The van der Waals surface area contributed by atoms with Crippen molar-refractivity contribution in [2.24, 2.45) is 0 Å². The molecule has 0 N–H and O–H groups in total. The van der Waals surface area contributed by atoms with Gasteiger partial charge in [0.25, 0.3) is 0 Å². The van der Waals surface area contributed by atoms with E-state index >= 15 is 0 Å². The molecule has 0 saturated carbocycles. The Labute approximate surface area is 51.0 Å². The summed E-state index contributed by atoms with van der Waals surface area (Å²) >= 11 is 4.22. The van der Waals surface area contributed by atoms with Gasteiger partial charge in [-0.3, -0.25) is 0 Å². The van der Waals surface area contributed by atoms with Gasteiger partial charge in [-0.1, -0.05) is 19.1 Å². The molecular formula is C6H12S. The van der Waals surface area contributed by atoms with Crippen LogP contribution < -0.4 is 0 Å². The molecule has 42 valence electrons. The van der Waals surface area contributed by atoms with Gasteiger partial charge in [0.2, 0.25) is 0 Å². The van der Waals surface area contributed by atoms with Crippen LogP contribution in [0.4, 0.5) is 0 Å². The minimum absolute atomic E-state index is 0.463. The number of hydrogen-bond donors (Lipinski definition) is 1. The van der Waals surface area contributed by atoms with Crippen LogP contribution in [0.15, 0.2) is 12.2 Å². The van der Waals surface area contributed by atoms with Gasteiger partial charge in [-0.15, -0.1) is 0 Å². The largest absolute Gasteiger partial charge is 0.172 e. The second kappa shape index (κ2) is 4.25. The fraction of sp³-hybridized carbons (Fsp3) is 0.667. The van der Waals surface area contributed by atoms with Gasteiger partial charge in [0.15, 0.2) is 0 Å². The van der Waals surface area contributed by atoms with Crippen LogP contribution in [-0.4, -0.2) is 5.25 Å². The van der Waals surface area contributed by atoms with E-state index in [1.165, 1.54) is 0 Å². The fourth-order valence-corrected chi connectivity index (χ4v) is 0.530. The normalized spacial score (nSPS) is 15.3. The number of allylic oxidation sites excluding steroid dienone is 1. The molecule has 0 spiro atoms. The van der Waals surface area contributed by atoms with E-state index in [9.17, 15) is 0 Å². The molecule has 0 aliphatic rings. The predicted molar refractivity (Wildman–Crippen MR) is 37.9 cm³/mol. The standard InChI is InChI=1S/C6H12S/c1-3-5-6(7)4-2/h3,5-7H,4H2,1-2H3/b5-3-. The van der Waals surface area contributed by atoms with Gasteiger partial charge in [-0.2, -0.15) is 12.6 Å². The third-order valence-electron chi connectivity index (χ3n) is 0.833. The van der Waals surface area contributed by atoms with Gasteiger partial charge in [-0.25, -0.2) is 0 Å². The first-order valence-electron chi connectivity index (χ1n) is 2.62. The van der Waals surface area contributed by atoms with Gasteiger partial charge < -0.3 is 0 Å². The van der Waals surface area contributed by atoms with Crippen molar-refractivity contribution in [1.82, 2.24) is 0 Å². The molecule has 0 rings (SSSR count). The van der Waals surface area contributed by atoms with Gasteiger partial charge in [-0.05, 0) is 13.3 Å². The quantitative estimate of drug-likeness (QED) is 0.415. The van der Waals surface area contributed by atoms with E-state index in [4.69, 9.17) is 0 Å². The summed E-state index contributed by atoms with van der Waals surface area (Å²) in [6.07, 6.45) is 5.23. The average molecular weight is 116 g/mol. The molecular weight excluding hydrogens is 104 g/mol. The lowest BCUT2D eigenvalue weighted by Crippen LogP contribution is -1.86. The first-order valence-corrected chi connectivity index (χ1v) is 3.13. The Bertz CT molecular complexity index is 57.2. The van der Waals surface area contributed by atoms with Crippen molar-refractivity contribution in [2.75, 3.05) is 0 Å². The Kier molecular flexibility index (Phi) is 4.31. The highest BCUT2D eigenvalue weighted by molar-refractivity contribution is 7.81. The lowest BCUT2D eigenvalue weighted by molar-refractivity contribution is 0.982. The molecule has 0 aliphatic carbocycles. The van der Waals surface area contributed by atoms with E-state index in [2.05, 4.69) is 25.6 Å². The molecule has 0 radical (unpaired) electrons. The van der Waals surface area contributed by atoms with Crippen LogP contribution in [0.2, 0.25) is 0 Å². The van der Waals surface area contributed by atoms with Crippen molar-refractivity contribution < 1.29 is 0 Å². The highest BCUT2D eigenvalue weighted by atomic mass is 32.1. The van der Waals surface area contributed by atoms with Crippen molar-refractivity contribution in [3.8, 4) is 0 Å².